The molecule has 0 radical (unpaired) electrons. The lowest BCUT2D eigenvalue weighted by molar-refractivity contribution is 0.0690. The van der Waals surface area contributed by atoms with E-state index in [0.29, 0.717) is 11.4 Å². The first-order valence-electron chi connectivity index (χ1n) is 5.39. The summed E-state index contributed by atoms with van der Waals surface area (Å²) in [7, 11) is 0. The number of pyridine rings is 2. The number of hydrogen-bond donors (Lipinski definition) is 1. The second kappa shape index (κ2) is 5.27. The van der Waals surface area contributed by atoms with Crippen LogP contribution in [0.25, 0.3) is 0 Å². The predicted molar refractivity (Wildman–Crippen MR) is 64.5 cm³/mol. The van der Waals surface area contributed by atoms with Gasteiger partial charge in [0.25, 0.3) is 0 Å². The minimum atomic E-state index is -1.05. The molecule has 92 valence electrons. The van der Waals surface area contributed by atoms with Crippen molar-refractivity contribution >= 4 is 5.97 Å². The van der Waals surface area contributed by atoms with E-state index in [0.717, 1.165) is 5.56 Å². The van der Waals surface area contributed by atoms with Crippen molar-refractivity contribution < 1.29 is 14.6 Å². The number of rotatable bonds is 4. The van der Waals surface area contributed by atoms with Crippen LogP contribution in [0.1, 0.15) is 21.7 Å². The molecule has 0 atom stereocenters. The van der Waals surface area contributed by atoms with Crippen molar-refractivity contribution in [1.82, 2.24) is 9.97 Å². The number of aromatic carboxylic acids is 1. The zero-order valence-corrected chi connectivity index (χ0v) is 9.83. The molecule has 0 unspecified atom stereocenters. The van der Waals surface area contributed by atoms with Crippen LogP contribution in [0.3, 0.4) is 0 Å². The molecule has 0 aliphatic carbocycles. The van der Waals surface area contributed by atoms with Crippen molar-refractivity contribution in [2.24, 2.45) is 0 Å². The summed E-state index contributed by atoms with van der Waals surface area (Å²) in [6.45, 7) is 2.13. The topological polar surface area (TPSA) is 72.3 Å². The van der Waals surface area contributed by atoms with Gasteiger partial charge in [-0.25, -0.2) is 9.78 Å². The Kier molecular flexibility index (Phi) is 3.52. The van der Waals surface area contributed by atoms with Crippen molar-refractivity contribution in [3.63, 3.8) is 0 Å². The molecule has 0 saturated carbocycles. The van der Waals surface area contributed by atoms with Crippen LogP contribution in [-0.4, -0.2) is 21.0 Å². The van der Waals surface area contributed by atoms with Gasteiger partial charge in [0.1, 0.15) is 18.1 Å². The maximum atomic E-state index is 10.8. The van der Waals surface area contributed by atoms with E-state index in [-0.39, 0.29) is 12.3 Å². The first kappa shape index (κ1) is 12.0. The van der Waals surface area contributed by atoms with Gasteiger partial charge in [-0.15, -0.1) is 0 Å². The van der Waals surface area contributed by atoms with Crippen molar-refractivity contribution in [1.29, 1.82) is 0 Å². The summed E-state index contributed by atoms with van der Waals surface area (Å²) in [5, 5.41) is 8.83. The number of carbonyl (C=O) groups is 1. The van der Waals surface area contributed by atoms with E-state index >= 15 is 0 Å². The smallest absolute Gasteiger partial charge is 0.354 e. The summed E-state index contributed by atoms with van der Waals surface area (Å²) in [5.74, 6) is -0.380. The fourth-order valence-electron chi connectivity index (χ4n) is 1.43. The average Bonchev–Trinajstić information content (AvgIpc) is 2.38. The largest absolute Gasteiger partial charge is 0.485 e. The van der Waals surface area contributed by atoms with Gasteiger partial charge in [0, 0.05) is 6.20 Å². The summed E-state index contributed by atoms with van der Waals surface area (Å²) in [5.41, 5.74) is 1.55. The summed E-state index contributed by atoms with van der Waals surface area (Å²) in [4.78, 5) is 18.7. The first-order chi connectivity index (χ1) is 8.66. The highest BCUT2D eigenvalue weighted by Crippen LogP contribution is 2.15. The Morgan fingerprint density at radius 1 is 1.39 bits per heavy atom. The fourth-order valence-corrected chi connectivity index (χ4v) is 1.43. The molecule has 0 aliphatic heterocycles. The SMILES string of the molecule is Cc1ccncc1OCc1cccc(C(=O)O)n1. The Bertz CT molecular complexity index is 570. The highest BCUT2D eigenvalue weighted by Gasteiger charge is 2.06. The molecular weight excluding hydrogens is 232 g/mol. The van der Waals surface area contributed by atoms with Gasteiger partial charge in [-0.3, -0.25) is 4.98 Å². The summed E-state index contributed by atoms with van der Waals surface area (Å²) in [6, 6.07) is 6.65. The summed E-state index contributed by atoms with van der Waals surface area (Å²) >= 11 is 0. The van der Waals surface area contributed by atoms with Crippen molar-refractivity contribution in [2.45, 2.75) is 13.5 Å². The number of carboxylic acid groups (broad SMARTS) is 1. The van der Waals surface area contributed by atoms with Crippen molar-refractivity contribution in [2.75, 3.05) is 0 Å². The maximum Gasteiger partial charge on any atom is 0.354 e. The third-order valence-electron chi connectivity index (χ3n) is 2.39. The molecule has 2 aromatic rings. The number of hydrogen-bond acceptors (Lipinski definition) is 4. The van der Waals surface area contributed by atoms with E-state index in [1.54, 1.807) is 24.5 Å². The minimum Gasteiger partial charge on any atom is -0.485 e. The van der Waals surface area contributed by atoms with Crippen LogP contribution < -0.4 is 4.74 Å². The van der Waals surface area contributed by atoms with Gasteiger partial charge in [-0.1, -0.05) is 6.07 Å². The Morgan fingerprint density at radius 2 is 2.22 bits per heavy atom. The summed E-state index contributed by atoms with van der Waals surface area (Å²) < 4.78 is 5.54. The van der Waals surface area contributed by atoms with Crippen molar-refractivity contribution in [3.05, 3.63) is 53.6 Å². The molecule has 0 saturated heterocycles. The molecule has 2 heterocycles. The molecular formula is C13H12N2O3. The number of aromatic nitrogens is 2. The van der Waals surface area contributed by atoms with Gasteiger partial charge >= 0.3 is 5.97 Å². The van der Waals surface area contributed by atoms with Crippen LogP contribution in [0.4, 0.5) is 0 Å². The second-order valence-electron chi connectivity index (χ2n) is 3.75. The molecule has 2 aromatic heterocycles. The normalized spacial score (nSPS) is 10.1. The second-order valence-corrected chi connectivity index (χ2v) is 3.75. The van der Waals surface area contributed by atoms with E-state index < -0.39 is 5.97 Å². The van der Waals surface area contributed by atoms with E-state index in [9.17, 15) is 4.79 Å². The average molecular weight is 244 g/mol. The molecule has 0 aliphatic rings. The molecule has 0 spiro atoms. The molecule has 2 rings (SSSR count). The zero-order chi connectivity index (χ0) is 13.0. The Labute approximate surface area is 104 Å². The molecule has 0 fully saturated rings. The van der Waals surface area contributed by atoms with Crippen LogP contribution in [0.15, 0.2) is 36.7 Å². The van der Waals surface area contributed by atoms with E-state index in [2.05, 4.69) is 9.97 Å². The molecule has 5 nitrogen and oxygen atoms in total. The van der Waals surface area contributed by atoms with Gasteiger partial charge < -0.3 is 9.84 Å². The monoisotopic (exact) mass is 244 g/mol. The third-order valence-corrected chi connectivity index (χ3v) is 2.39. The van der Waals surface area contributed by atoms with Gasteiger partial charge in [0.15, 0.2) is 0 Å². The van der Waals surface area contributed by atoms with Crippen LogP contribution in [0, 0.1) is 6.92 Å². The van der Waals surface area contributed by atoms with E-state index in [1.807, 2.05) is 13.0 Å². The lowest BCUT2D eigenvalue weighted by atomic mass is 10.3. The van der Waals surface area contributed by atoms with Gasteiger partial charge in [0.2, 0.25) is 0 Å². The number of carboxylic acids is 1. The Morgan fingerprint density at radius 3 is 2.94 bits per heavy atom. The molecule has 5 heteroatoms. The van der Waals surface area contributed by atoms with E-state index in [4.69, 9.17) is 9.84 Å². The quantitative estimate of drug-likeness (QED) is 0.891. The molecule has 0 bridgehead atoms. The maximum absolute atomic E-state index is 10.8. The highest BCUT2D eigenvalue weighted by atomic mass is 16.5. The van der Waals surface area contributed by atoms with E-state index in [1.165, 1.54) is 6.07 Å². The molecule has 1 N–H and O–H groups in total. The third kappa shape index (κ3) is 2.82. The van der Waals surface area contributed by atoms with Crippen LogP contribution in [0.2, 0.25) is 0 Å². The highest BCUT2D eigenvalue weighted by molar-refractivity contribution is 5.85. The Balaban J connectivity index is 2.09. The van der Waals surface area contributed by atoms with Crippen molar-refractivity contribution in [3.8, 4) is 5.75 Å². The Hall–Kier alpha value is -2.43. The van der Waals surface area contributed by atoms with Gasteiger partial charge in [-0.2, -0.15) is 0 Å². The van der Waals surface area contributed by atoms with Gasteiger partial charge in [0.05, 0.1) is 11.9 Å². The first-order valence-corrected chi connectivity index (χ1v) is 5.39. The predicted octanol–water partition coefficient (Wildman–Crippen LogP) is 2.06. The number of ether oxygens (including phenoxy) is 1. The molecule has 0 aromatic carbocycles. The number of nitrogens with zero attached hydrogens (tertiary/aromatic N) is 2. The lowest BCUT2D eigenvalue weighted by Gasteiger charge is -2.07. The fraction of sp³-hybridized carbons (Fsp3) is 0.154. The molecule has 0 amide bonds. The van der Waals surface area contributed by atoms with Crippen LogP contribution in [-0.2, 0) is 6.61 Å². The summed E-state index contributed by atoms with van der Waals surface area (Å²) in [6.07, 6.45) is 3.31. The number of aryl methyl sites for hydroxylation is 1. The standard InChI is InChI=1S/C13H12N2O3/c1-9-5-6-14-7-12(9)18-8-10-3-2-4-11(15-10)13(16)17/h2-7H,8H2,1H3,(H,16,17). The van der Waals surface area contributed by atoms with Crippen LogP contribution in [0.5, 0.6) is 5.75 Å². The molecule has 18 heavy (non-hydrogen) atoms. The lowest BCUT2D eigenvalue weighted by Crippen LogP contribution is -2.05. The minimum absolute atomic E-state index is 0.0130. The van der Waals surface area contributed by atoms with Crippen LogP contribution >= 0.6 is 0 Å². The zero-order valence-electron chi connectivity index (χ0n) is 9.83. The van der Waals surface area contributed by atoms with Gasteiger partial charge in [-0.05, 0) is 30.7 Å².